The standard InChI is InChI=1S/C13H15NO2S2/c1-16-8-11-12(7-15)18-13(14-11)9-17-10-5-3-2-4-6-10/h2-6,15H,7-9H2,1H3. The van der Waals surface area contributed by atoms with E-state index in [1.165, 1.54) is 4.90 Å². The average Bonchev–Trinajstić information content (AvgIpc) is 2.80. The lowest BCUT2D eigenvalue weighted by Gasteiger charge is -1.97. The van der Waals surface area contributed by atoms with Gasteiger partial charge in [0.2, 0.25) is 0 Å². The van der Waals surface area contributed by atoms with E-state index in [0.29, 0.717) is 6.61 Å². The first-order chi connectivity index (χ1) is 8.83. The molecule has 0 aliphatic heterocycles. The number of nitrogens with zero attached hydrogens (tertiary/aromatic N) is 1. The smallest absolute Gasteiger partial charge is 0.104 e. The molecule has 0 aliphatic carbocycles. The third-order valence-electron chi connectivity index (χ3n) is 2.35. The molecule has 18 heavy (non-hydrogen) atoms. The number of aliphatic hydroxyl groups is 1. The lowest BCUT2D eigenvalue weighted by atomic mass is 10.4. The number of methoxy groups -OCH3 is 1. The van der Waals surface area contributed by atoms with Crippen LogP contribution in [0.4, 0.5) is 0 Å². The average molecular weight is 281 g/mol. The Labute approximate surface area is 115 Å². The van der Waals surface area contributed by atoms with Crippen molar-refractivity contribution < 1.29 is 9.84 Å². The van der Waals surface area contributed by atoms with Crippen molar-refractivity contribution >= 4 is 23.1 Å². The first-order valence-corrected chi connectivity index (χ1v) is 7.38. The number of hydrogen-bond acceptors (Lipinski definition) is 5. The summed E-state index contributed by atoms with van der Waals surface area (Å²) in [6.07, 6.45) is 0. The van der Waals surface area contributed by atoms with Crippen LogP contribution in [0.1, 0.15) is 15.6 Å². The minimum Gasteiger partial charge on any atom is -0.391 e. The zero-order valence-electron chi connectivity index (χ0n) is 10.1. The predicted octanol–water partition coefficient (Wildman–Crippen LogP) is 3.07. The van der Waals surface area contributed by atoms with E-state index in [2.05, 4.69) is 17.1 Å². The Kier molecular flexibility index (Phi) is 5.19. The fraction of sp³-hybridized carbons (Fsp3) is 0.308. The highest BCUT2D eigenvalue weighted by Gasteiger charge is 2.10. The third kappa shape index (κ3) is 3.55. The van der Waals surface area contributed by atoms with Crippen LogP contribution in [-0.2, 0) is 23.7 Å². The highest BCUT2D eigenvalue weighted by Crippen LogP contribution is 2.27. The van der Waals surface area contributed by atoms with Gasteiger partial charge in [-0.15, -0.1) is 23.1 Å². The number of aliphatic hydroxyl groups excluding tert-OH is 1. The van der Waals surface area contributed by atoms with Crippen molar-refractivity contribution in [3.63, 3.8) is 0 Å². The molecule has 2 rings (SSSR count). The molecule has 0 saturated heterocycles. The first kappa shape index (κ1) is 13.5. The van der Waals surface area contributed by atoms with Gasteiger partial charge in [0.25, 0.3) is 0 Å². The molecule has 0 radical (unpaired) electrons. The fourth-order valence-corrected chi connectivity index (χ4v) is 3.38. The van der Waals surface area contributed by atoms with Gasteiger partial charge in [0.05, 0.1) is 29.5 Å². The number of thioether (sulfide) groups is 1. The van der Waals surface area contributed by atoms with Crippen molar-refractivity contribution in [2.24, 2.45) is 0 Å². The van der Waals surface area contributed by atoms with E-state index in [1.807, 2.05) is 18.2 Å². The number of hydrogen-bond donors (Lipinski definition) is 1. The van der Waals surface area contributed by atoms with E-state index in [-0.39, 0.29) is 6.61 Å². The molecule has 1 aromatic carbocycles. The number of ether oxygens (including phenoxy) is 1. The Bertz CT molecular complexity index is 485. The Hall–Kier alpha value is -0.880. The minimum atomic E-state index is 0.0341. The maximum Gasteiger partial charge on any atom is 0.104 e. The molecule has 5 heteroatoms. The van der Waals surface area contributed by atoms with Gasteiger partial charge in [0, 0.05) is 12.0 Å². The lowest BCUT2D eigenvalue weighted by molar-refractivity contribution is 0.178. The molecule has 1 N–H and O–H groups in total. The van der Waals surface area contributed by atoms with Gasteiger partial charge < -0.3 is 9.84 Å². The molecule has 0 amide bonds. The Balaban J connectivity index is 2.01. The van der Waals surface area contributed by atoms with Gasteiger partial charge in [-0.3, -0.25) is 0 Å². The molecule has 0 unspecified atom stereocenters. The Morgan fingerprint density at radius 2 is 2.11 bits per heavy atom. The second kappa shape index (κ2) is 6.89. The quantitative estimate of drug-likeness (QED) is 0.826. The van der Waals surface area contributed by atoms with Gasteiger partial charge in [-0.2, -0.15) is 0 Å². The van der Waals surface area contributed by atoms with E-state index >= 15 is 0 Å². The summed E-state index contributed by atoms with van der Waals surface area (Å²) in [5, 5.41) is 10.3. The van der Waals surface area contributed by atoms with E-state index in [9.17, 15) is 5.11 Å². The zero-order chi connectivity index (χ0) is 12.8. The van der Waals surface area contributed by atoms with E-state index in [1.54, 1.807) is 30.2 Å². The molecule has 0 atom stereocenters. The van der Waals surface area contributed by atoms with Crippen LogP contribution in [0.3, 0.4) is 0 Å². The molecule has 96 valence electrons. The zero-order valence-corrected chi connectivity index (χ0v) is 11.8. The molecule has 0 fully saturated rings. The third-order valence-corrected chi connectivity index (χ3v) is 4.64. The molecule has 0 saturated carbocycles. The van der Waals surface area contributed by atoms with Crippen LogP contribution < -0.4 is 0 Å². The number of aromatic nitrogens is 1. The van der Waals surface area contributed by atoms with Crippen molar-refractivity contribution in [2.75, 3.05) is 7.11 Å². The highest BCUT2D eigenvalue weighted by atomic mass is 32.2. The topological polar surface area (TPSA) is 42.4 Å². The van der Waals surface area contributed by atoms with Crippen molar-refractivity contribution in [1.82, 2.24) is 4.98 Å². The van der Waals surface area contributed by atoms with Crippen LogP contribution >= 0.6 is 23.1 Å². The molecule has 0 bridgehead atoms. The summed E-state index contributed by atoms with van der Waals surface area (Å²) in [5.41, 5.74) is 0.855. The summed E-state index contributed by atoms with van der Waals surface area (Å²) in [5.74, 6) is 0.825. The second-order valence-electron chi connectivity index (χ2n) is 3.67. The first-order valence-electron chi connectivity index (χ1n) is 5.58. The highest BCUT2D eigenvalue weighted by molar-refractivity contribution is 7.98. The van der Waals surface area contributed by atoms with E-state index < -0.39 is 0 Å². The minimum absolute atomic E-state index is 0.0341. The molecule has 2 aromatic rings. The van der Waals surface area contributed by atoms with E-state index in [0.717, 1.165) is 21.3 Å². The maximum atomic E-state index is 9.25. The number of rotatable bonds is 6. The lowest BCUT2D eigenvalue weighted by Crippen LogP contribution is -1.93. The normalized spacial score (nSPS) is 10.8. The molecule has 3 nitrogen and oxygen atoms in total. The SMILES string of the molecule is COCc1nc(CSc2ccccc2)sc1CO. The van der Waals surface area contributed by atoms with Gasteiger partial charge in [0.15, 0.2) is 0 Å². The van der Waals surface area contributed by atoms with Crippen molar-refractivity contribution in [3.8, 4) is 0 Å². The van der Waals surface area contributed by atoms with Gasteiger partial charge in [-0.1, -0.05) is 18.2 Å². The van der Waals surface area contributed by atoms with Crippen molar-refractivity contribution in [2.45, 2.75) is 23.9 Å². The largest absolute Gasteiger partial charge is 0.391 e. The van der Waals surface area contributed by atoms with Crippen molar-refractivity contribution in [1.29, 1.82) is 0 Å². The summed E-state index contributed by atoms with van der Waals surface area (Å²) in [6.45, 7) is 0.495. The summed E-state index contributed by atoms with van der Waals surface area (Å²) >= 11 is 3.31. The summed E-state index contributed by atoms with van der Waals surface area (Å²) in [7, 11) is 1.64. The predicted molar refractivity (Wildman–Crippen MR) is 74.8 cm³/mol. The van der Waals surface area contributed by atoms with Gasteiger partial charge >= 0.3 is 0 Å². The van der Waals surface area contributed by atoms with Gasteiger partial charge in [-0.05, 0) is 12.1 Å². The molecule has 1 aromatic heterocycles. The van der Waals surface area contributed by atoms with Crippen molar-refractivity contribution in [3.05, 3.63) is 45.9 Å². The molecule has 0 aliphatic rings. The van der Waals surface area contributed by atoms with Gasteiger partial charge in [-0.25, -0.2) is 4.98 Å². The van der Waals surface area contributed by atoms with Crippen LogP contribution in [0.15, 0.2) is 35.2 Å². The van der Waals surface area contributed by atoms with Crippen LogP contribution in [0, 0.1) is 0 Å². The van der Waals surface area contributed by atoms with Crippen LogP contribution in [0.5, 0.6) is 0 Å². The summed E-state index contributed by atoms with van der Waals surface area (Å²) in [6, 6.07) is 10.2. The molecular weight excluding hydrogens is 266 g/mol. The summed E-state index contributed by atoms with van der Waals surface area (Å²) < 4.78 is 5.07. The molecule has 0 spiro atoms. The monoisotopic (exact) mass is 281 g/mol. The van der Waals surface area contributed by atoms with Gasteiger partial charge in [0.1, 0.15) is 5.01 Å². The second-order valence-corrected chi connectivity index (χ2v) is 5.89. The molecular formula is C13H15NO2S2. The maximum absolute atomic E-state index is 9.25. The van der Waals surface area contributed by atoms with Crippen LogP contribution in [0.25, 0.3) is 0 Å². The molecule has 1 heterocycles. The fourth-order valence-electron chi connectivity index (χ4n) is 1.53. The van der Waals surface area contributed by atoms with E-state index in [4.69, 9.17) is 4.74 Å². The summed E-state index contributed by atoms with van der Waals surface area (Å²) in [4.78, 5) is 6.63. The number of benzene rings is 1. The number of thiazole rings is 1. The van der Waals surface area contributed by atoms with Crippen LogP contribution in [-0.4, -0.2) is 17.2 Å². The Morgan fingerprint density at radius 1 is 1.33 bits per heavy atom. The van der Waals surface area contributed by atoms with Crippen LogP contribution in [0.2, 0.25) is 0 Å². The Morgan fingerprint density at radius 3 is 2.78 bits per heavy atom.